The van der Waals surface area contributed by atoms with Crippen molar-refractivity contribution in [2.24, 2.45) is 0 Å². The highest BCUT2D eigenvalue weighted by molar-refractivity contribution is 6.32. The van der Waals surface area contributed by atoms with Gasteiger partial charge in [0.15, 0.2) is 0 Å². The Labute approximate surface area is 114 Å². The van der Waals surface area contributed by atoms with Gasteiger partial charge < -0.3 is 9.84 Å². The van der Waals surface area contributed by atoms with Crippen LogP contribution in [0.1, 0.15) is 5.56 Å². The van der Waals surface area contributed by atoms with Gasteiger partial charge >= 0.3 is 0 Å². The normalized spacial score (nSPS) is 10.2. The fraction of sp³-hybridized carbons (Fsp3) is 0.0769. The molecule has 0 bridgehead atoms. The zero-order valence-electron chi connectivity index (χ0n) is 9.96. The highest BCUT2D eigenvalue weighted by atomic mass is 35.5. The van der Waals surface area contributed by atoms with Crippen LogP contribution >= 0.6 is 11.6 Å². The highest BCUT2D eigenvalue weighted by Crippen LogP contribution is 2.35. The lowest BCUT2D eigenvalue weighted by Gasteiger charge is -2.10. The van der Waals surface area contributed by atoms with Crippen molar-refractivity contribution in [3.63, 3.8) is 0 Å². The molecule has 2 aromatic rings. The van der Waals surface area contributed by atoms with Crippen LogP contribution in [0.4, 0.5) is 5.69 Å². The first-order valence-corrected chi connectivity index (χ1v) is 5.77. The van der Waals surface area contributed by atoms with E-state index in [4.69, 9.17) is 16.3 Å². The number of rotatable bonds is 3. The van der Waals surface area contributed by atoms with Gasteiger partial charge in [-0.3, -0.25) is 10.1 Å². The monoisotopic (exact) mass is 279 g/mol. The number of phenolic OH excluding ortho intramolecular Hbond substituents is 1. The van der Waals surface area contributed by atoms with Crippen molar-refractivity contribution in [1.29, 1.82) is 0 Å². The molecule has 0 fully saturated rings. The van der Waals surface area contributed by atoms with Gasteiger partial charge in [0.25, 0.3) is 5.69 Å². The Morgan fingerprint density at radius 1 is 1.26 bits per heavy atom. The van der Waals surface area contributed by atoms with E-state index >= 15 is 0 Å². The van der Waals surface area contributed by atoms with Gasteiger partial charge in [-0.2, -0.15) is 0 Å². The zero-order chi connectivity index (χ0) is 14.0. The van der Waals surface area contributed by atoms with Gasteiger partial charge in [-0.25, -0.2) is 0 Å². The molecule has 0 saturated carbocycles. The molecule has 0 aliphatic carbocycles. The number of benzene rings is 2. The van der Waals surface area contributed by atoms with E-state index in [1.807, 2.05) is 0 Å². The minimum absolute atomic E-state index is 0.106. The molecular weight excluding hydrogens is 270 g/mol. The van der Waals surface area contributed by atoms with Gasteiger partial charge in [0.1, 0.15) is 17.2 Å². The van der Waals surface area contributed by atoms with Crippen molar-refractivity contribution in [2.45, 2.75) is 6.92 Å². The molecule has 0 saturated heterocycles. The molecule has 0 aliphatic rings. The summed E-state index contributed by atoms with van der Waals surface area (Å²) in [6, 6.07) is 8.79. The van der Waals surface area contributed by atoms with Crippen molar-refractivity contribution in [3.8, 4) is 17.2 Å². The van der Waals surface area contributed by atoms with E-state index in [-0.39, 0.29) is 16.5 Å². The lowest BCUT2D eigenvalue weighted by molar-refractivity contribution is -0.384. The van der Waals surface area contributed by atoms with Crippen LogP contribution in [-0.2, 0) is 0 Å². The van der Waals surface area contributed by atoms with E-state index in [9.17, 15) is 15.2 Å². The summed E-state index contributed by atoms with van der Waals surface area (Å²) in [5.41, 5.74) is 0.460. The van der Waals surface area contributed by atoms with Crippen molar-refractivity contribution < 1.29 is 14.8 Å². The number of halogens is 1. The number of hydrogen-bond acceptors (Lipinski definition) is 4. The first-order valence-electron chi connectivity index (χ1n) is 5.39. The Balaban J connectivity index is 2.34. The minimum atomic E-state index is -0.532. The quantitative estimate of drug-likeness (QED) is 0.679. The summed E-state index contributed by atoms with van der Waals surface area (Å²) in [4.78, 5) is 10.1. The molecule has 0 aliphatic heterocycles. The Morgan fingerprint density at radius 3 is 2.63 bits per heavy atom. The van der Waals surface area contributed by atoms with E-state index in [0.29, 0.717) is 17.1 Å². The fourth-order valence-corrected chi connectivity index (χ4v) is 1.73. The molecule has 0 spiro atoms. The van der Waals surface area contributed by atoms with Crippen LogP contribution in [0.5, 0.6) is 17.2 Å². The third kappa shape index (κ3) is 2.77. The lowest BCUT2D eigenvalue weighted by Crippen LogP contribution is -1.91. The molecule has 0 amide bonds. The number of ether oxygens (including phenoxy) is 1. The summed E-state index contributed by atoms with van der Waals surface area (Å²) < 4.78 is 5.54. The third-order valence-electron chi connectivity index (χ3n) is 2.60. The average molecular weight is 280 g/mol. The van der Waals surface area contributed by atoms with Gasteiger partial charge in [-0.15, -0.1) is 0 Å². The van der Waals surface area contributed by atoms with E-state index in [1.165, 1.54) is 18.2 Å². The summed E-state index contributed by atoms with van der Waals surface area (Å²) in [7, 11) is 0. The van der Waals surface area contributed by atoms with Gasteiger partial charge in [0.2, 0.25) is 0 Å². The van der Waals surface area contributed by atoms with Crippen LogP contribution in [0.15, 0.2) is 36.4 Å². The summed E-state index contributed by atoms with van der Waals surface area (Å²) in [6.45, 7) is 1.70. The molecule has 2 rings (SSSR count). The molecule has 19 heavy (non-hydrogen) atoms. The van der Waals surface area contributed by atoms with Crippen LogP contribution in [0, 0.1) is 17.0 Å². The molecule has 0 unspecified atom stereocenters. The molecule has 0 aromatic heterocycles. The Bertz CT molecular complexity index is 643. The first-order chi connectivity index (χ1) is 8.99. The lowest BCUT2D eigenvalue weighted by atomic mass is 10.2. The van der Waals surface area contributed by atoms with Crippen molar-refractivity contribution in [3.05, 3.63) is 57.1 Å². The van der Waals surface area contributed by atoms with Crippen LogP contribution in [-0.4, -0.2) is 10.0 Å². The summed E-state index contributed by atoms with van der Waals surface area (Å²) in [5, 5.41) is 20.3. The van der Waals surface area contributed by atoms with Crippen molar-refractivity contribution in [2.75, 3.05) is 0 Å². The number of nitrogens with zero attached hydrogens (tertiary/aromatic N) is 1. The predicted molar refractivity (Wildman–Crippen MR) is 71.0 cm³/mol. The molecule has 6 heteroatoms. The fourth-order valence-electron chi connectivity index (χ4n) is 1.52. The third-order valence-corrected chi connectivity index (χ3v) is 2.90. The number of nitro groups is 1. The Morgan fingerprint density at radius 2 is 2.00 bits per heavy atom. The second-order valence-corrected chi connectivity index (χ2v) is 4.28. The summed E-state index contributed by atoms with van der Waals surface area (Å²) in [5.74, 6) is 0.840. The minimum Gasteiger partial charge on any atom is -0.508 e. The molecule has 0 radical (unpaired) electrons. The Kier molecular flexibility index (Phi) is 3.57. The molecule has 1 N–H and O–H groups in total. The molecule has 0 heterocycles. The second-order valence-electron chi connectivity index (χ2n) is 3.87. The Hall–Kier alpha value is -2.27. The maximum Gasteiger partial charge on any atom is 0.271 e. The zero-order valence-corrected chi connectivity index (χ0v) is 10.7. The number of phenols is 1. The van der Waals surface area contributed by atoms with Gasteiger partial charge in [-0.05, 0) is 25.1 Å². The van der Waals surface area contributed by atoms with Gasteiger partial charge in [0.05, 0.1) is 9.95 Å². The van der Waals surface area contributed by atoms with Crippen LogP contribution in [0.2, 0.25) is 5.02 Å². The van der Waals surface area contributed by atoms with Crippen LogP contribution in [0.25, 0.3) is 0 Å². The maximum atomic E-state index is 10.6. The smallest absolute Gasteiger partial charge is 0.271 e. The number of aromatic hydroxyl groups is 1. The van der Waals surface area contributed by atoms with E-state index < -0.39 is 4.92 Å². The molecule has 5 nitrogen and oxygen atoms in total. The standard InChI is InChI=1S/C13H10ClNO4/c1-8-11(16)3-2-4-12(8)19-13-6-5-9(15(17)18)7-10(13)14/h2-7,16H,1H3. The molecule has 2 aromatic carbocycles. The second kappa shape index (κ2) is 5.16. The van der Waals surface area contributed by atoms with Crippen molar-refractivity contribution in [1.82, 2.24) is 0 Å². The summed E-state index contributed by atoms with van der Waals surface area (Å²) >= 11 is 5.92. The number of non-ortho nitro benzene ring substituents is 1. The van der Waals surface area contributed by atoms with Gasteiger partial charge in [0, 0.05) is 17.7 Å². The number of nitro benzene ring substituents is 1. The first kappa shape index (κ1) is 13.2. The van der Waals surface area contributed by atoms with Gasteiger partial charge in [-0.1, -0.05) is 17.7 Å². The number of hydrogen-bond donors (Lipinski definition) is 1. The van der Waals surface area contributed by atoms with Crippen molar-refractivity contribution >= 4 is 17.3 Å². The maximum absolute atomic E-state index is 10.6. The molecule has 0 atom stereocenters. The predicted octanol–water partition coefficient (Wildman–Crippen LogP) is 4.05. The van der Waals surface area contributed by atoms with E-state index in [2.05, 4.69) is 0 Å². The van der Waals surface area contributed by atoms with E-state index in [1.54, 1.807) is 25.1 Å². The van der Waals surface area contributed by atoms with Crippen LogP contribution in [0.3, 0.4) is 0 Å². The van der Waals surface area contributed by atoms with E-state index in [0.717, 1.165) is 0 Å². The molecule has 98 valence electrons. The summed E-state index contributed by atoms with van der Waals surface area (Å²) in [6.07, 6.45) is 0. The topological polar surface area (TPSA) is 72.6 Å². The largest absolute Gasteiger partial charge is 0.508 e. The van der Waals surface area contributed by atoms with Crippen LogP contribution < -0.4 is 4.74 Å². The molecular formula is C13H10ClNO4. The highest BCUT2D eigenvalue weighted by Gasteiger charge is 2.12. The average Bonchev–Trinajstić information content (AvgIpc) is 2.37. The SMILES string of the molecule is Cc1c(O)cccc1Oc1ccc([N+](=O)[O-])cc1Cl.